The molecule has 144 valence electrons. The molecule has 3 aromatic rings. The van der Waals surface area contributed by atoms with Crippen LogP contribution in [0.25, 0.3) is 11.0 Å². The van der Waals surface area contributed by atoms with E-state index in [1.807, 2.05) is 30.3 Å². The van der Waals surface area contributed by atoms with Crippen LogP contribution < -0.4 is 10.3 Å². The Morgan fingerprint density at radius 1 is 1.21 bits per heavy atom. The molecule has 8 heteroatoms. The van der Waals surface area contributed by atoms with Crippen LogP contribution in [0.15, 0.2) is 47.6 Å². The Morgan fingerprint density at radius 2 is 2.00 bits per heavy atom. The van der Waals surface area contributed by atoms with Crippen molar-refractivity contribution in [3.8, 4) is 0 Å². The van der Waals surface area contributed by atoms with Crippen LogP contribution in [0.1, 0.15) is 25.3 Å². The van der Waals surface area contributed by atoms with Gasteiger partial charge >= 0.3 is 0 Å². The molecular formula is C20H21FN6O. The average Bonchev–Trinajstić information content (AvgIpc) is 3.37. The molecule has 0 radical (unpaired) electrons. The first-order valence-corrected chi connectivity index (χ1v) is 9.28. The Balaban J connectivity index is 1.42. The number of benzene rings is 2. The van der Waals surface area contributed by atoms with Crippen molar-refractivity contribution in [1.82, 2.24) is 20.4 Å². The van der Waals surface area contributed by atoms with Gasteiger partial charge in [-0.3, -0.25) is 4.79 Å². The van der Waals surface area contributed by atoms with Gasteiger partial charge in [-0.15, -0.1) is 5.10 Å². The second-order valence-corrected chi connectivity index (χ2v) is 6.83. The number of nitrogens with zero attached hydrogens (tertiary/aromatic N) is 5. The molecule has 7 nitrogen and oxygen atoms in total. The molecule has 1 aliphatic rings. The molecule has 1 amide bonds. The van der Waals surface area contributed by atoms with E-state index in [1.165, 1.54) is 10.7 Å². The number of hydrogen-bond donors (Lipinski definition) is 1. The summed E-state index contributed by atoms with van der Waals surface area (Å²) in [5.41, 5.74) is 5.79. The summed E-state index contributed by atoms with van der Waals surface area (Å²) in [7, 11) is 0. The third-order valence-corrected chi connectivity index (χ3v) is 4.87. The van der Waals surface area contributed by atoms with Crippen LogP contribution in [-0.2, 0) is 11.3 Å². The van der Waals surface area contributed by atoms with Gasteiger partial charge in [-0.1, -0.05) is 23.4 Å². The van der Waals surface area contributed by atoms with E-state index in [-0.39, 0.29) is 18.3 Å². The third kappa shape index (κ3) is 3.71. The highest BCUT2D eigenvalue weighted by Gasteiger charge is 2.16. The molecule has 0 saturated carbocycles. The van der Waals surface area contributed by atoms with Crippen LogP contribution >= 0.6 is 0 Å². The molecule has 1 aliphatic heterocycles. The normalized spacial score (nSPS) is 14.6. The lowest BCUT2D eigenvalue weighted by Gasteiger charge is -2.18. The summed E-state index contributed by atoms with van der Waals surface area (Å²) in [6.07, 6.45) is 2.18. The number of amides is 1. The van der Waals surface area contributed by atoms with Crippen molar-refractivity contribution >= 4 is 28.3 Å². The van der Waals surface area contributed by atoms with Crippen molar-refractivity contribution in [2.24, 2.45) is 5.10 Å². The fraction of sp³-hybridized carbons (Fsp3) is 0.300. The molecule has 0 aliphatic carbocycles. The highest BCUT2D eigenvalue weighted by atomic mass is 19.1. The topological polar surface area (TPSA) is 75.4 Å². The first-order valence-electron chi connectivity index (χ1n) is 9.28. The predicted molar refractivity (Wildman–Crippen MR) is 106 cm³/mol. The Bertz CT molecular complexity index is 1040. The molecule has 0 unspecified atom stereocenters. The average molecular weight is 380 g/mol. The highest BCUT2D eigenvalue weighted by molar-refractivity contribution is 5.99. The molecule has 1 N–H and O–H groups in total. The molecule has 2 heterocycles. The van der Waals surface area contributed by atoms with E-state index in [0.29, 0.717) is 17.0 Å². The molecule has 2 aromatic carbocycles. The van der Waals surface area contributed by atoms with Crippen molar-refractivity contribution in [2.45, 2.75) is 26.3 Å². The van der Waals surface area contributed by atoms with Crippen LogP contribution in [0.3, 0.4) is 0 Å². The number of halogens is 1. The van der Waals surface area contributed by atoms with E-state index in [0.717, 1.165) is 37.0 Å². The lowest BCUT2D eigenvalue weighted by Crippen LogP contribution is -2.25. The summed E-state index contributed by atoms with van der Waals surface area (Å²) in [5, 5.41) is 12.1. The van der Waals surface area contributed by atoms with Crippen molar-refractivity contribution in [1.29, 1.82) is 0 Å². The number of carbonyl (C=O) groups excluding carboxylic acids is 1. The first-order chi connectivity index (χ1) is 13.6. The van der Waals surface area contributed by atoms with Gasteiger partial charge < -0.3 is 4.90 Å². The lowest BCUT2D eigenvalue weighted by atomic mass is 10.1. The summed E-state index contributed by atoms with van der Waals surface area (Å²) in [4.78, 5) is 14.2. The van der Waals surface area contributed by atoms with Crippen LogP contribution in [-0.4, -0.2) is 39.7 Å². The van der Waals surface area contributed by atoms with Gasteiger partial charge in [-0.25, -0.2) is 14.5 Å². The zero-order valence-corrected chi connectivity index (χ0v) is 15.6. The minimum absolute atomic E-state index is 0.000444. The predicted octanol–water partition coefficient (Wildman–Crippen LogP) is 2.71. The second kappa shape index (κ2) is 7.75. The van der Waals surface area contributed by atoms with Gasteiger partial charge in [0.25, 0.3) is 5.91 Å². The summed E-state index contributed by atoms with van der Waals surface area (Å²) < 4.78 is 16.0. The Kier molecular flexibility index (Phi) is 5.01. The Morgan fingerprint density at radius 3 is 2.79 bits per heavy atom. The first kappa shape index (κ1) is 18.1. The van der Waals surface area contributed by atoms with E-state index in [9.17, 15) is 9.18 Å². The maximum atomic E-state index is 14.5. The van der Waals surface area contributed by atoms with E-state index in [4.69, 9.17) is 0 Å². The largest absolute Gasteiger partial charge is 0.369 e. The monoisotopic (exact) mass is 380 g/mol. The number of fused-ring (bicyclic) bond motifs is 1. The molecule has 0 spiro atoms. The van der Waals surface area contributed by atoms with Gasteiger partial charge in [0.2, 0.25) is 0 Å². The molecule has 0 atom stereocenters. The summed E-state index contributed by atoms with van der Waals surface area (Å²) in [5.74, 6) is -0.599. The minimum atomic E-state index is -0.329. The number of hydrazone groups is 1. The summed E-state index contributed by atoms with van der Waals surface area (Å²) >= 11 is 0. The van der Waals surface area contributed by atoms with Crippen molar-refractivity contribution in [3.63, 3.8) is 0 Å². The SMILES string of the molecule is C/C(=N/NC(=O)Cn1nnc2ccccc21)c1ccc(N2CCCC2)c(F)c1. The van der Waals surface area contributed by atoms with Crippen LogP contribution in [0.5, 0.6) is 0 Å². The number of anilines is 1. The molecule has 28 heavy (non-hydrogen) atoms. The van der Waals surface area contributed by atoms with Gasteiger partial charge in [0, 0.05) is 18.7 Å². The lowest BCUT2D eigenvalue weighted by molar-refractivity contribution is -0.121. The molecule has 1 fully saturated rings. The van der Waals surface area contributed by atoms with Gasteiger partial charge in [-0.2, -0.15) is 5.10 Å². The maximum absolute atomic E-state index is 14.5. The van der Waals surface area contributed by atoms with E-state index in [1.54, 1.807) is 13.0 Å². The van der Waals surface area contributed by atoms with Gasteiger partial charge in [-0.05, 0) is 44.0 Å². The fourth-order valence-corrected chi connectivity index (χ4v) is 3.36. The molecule has 1 saturated heterocycles. The number of para-hydroxylation sites is 1. The molecular weight excluding hydrogens is 359 g/mol. The summed E-state index contributed by atoms with van der Waals surface area (Å²) in [6.45, 7) is 3.50. The standard InChI is InChI=1S/C20H21FN6O/c1-14(15-8-9-18(16(21)12-15)26-10-4-5-11-26)22-24-20(28)13-27-19-7-3-2-6-17(19)23-25-27/h2-3,6-9,12H,4-5,10-11,13H2,1H3,(H,24,28)/b22-14-. The summed E-state index contributed by atoms with van der Waals surface area (Å²) in [6, 6.07) is 12.5. The van der Waals surface area contributed by atoms with Crippen LogP contribution in [0.4, 0.5) is 10.1 Å². The third-order valence-electron chi connectivity index (χ3n) is 4.87. The van der Waals surface area contributed by atoms with E-state index in [2.05, 4.69) is 25.7 Å². The van der Waals surface area contributed by atoms with Gasteiger partial charge in [0.1, 0.15) is 17.9 Å². The number of rotatable bonds is 5. The fourth-order valence-electron chi connectivity index (χ4n) is 3.36. The van der Waals surface area contributed by atoms with Crippen molar-refractivity contribution < 1.29 is 9.18 Å². The number of aromatic nitrogens is 3. The molecule has 1 aromatic heterocycles. The second-order valence-electron chi connectivity index (χ2n) is 6.83. The van der Waals surface area contributed by atoms with E-state index >= 15 is 0 Å². The van der Waals surface area contributed by atoms with Crippen molar-refractivity contribution in [2.75, 3.05) is 18.0 Å². The smallest absolute Gasteiger partial charge is 0.261 e. The van der Waals surface area contributed by atoms with Gasteiger partial charge in [0.15, 0.2) is 0 Å². The zero-order valence-electron chi connectivity index (χ0n) is 15.6. The number of nitrogens with one attached hydrogen (secondary N) is 1. The minimum Gasteiger partial charge on any atom is -0.369 e. The zero-order chi connectivity index (χ0) is 19.5. The maximum Gasteiger partial charge on any atom is 0.261 e. The Hall–Kier alpha value is -3.29. The van der Waals surface area contributed by atoms with E-state index < -0.39 is 0 Å². The van der Waals surface area contributed by atoms with Crippen molar-refractivity contribution in [3.05, 3.63) is 53.8 Å². The van der Waals surface area contributed by atoms with Gasteiger partial charge in [0.05, 0.1) is 16.9 Å². The van der Waals surface area contributed by atoms with Crippen LogP contribution in [0.2, 0.25) is 0 Å². The number of carbonyl (C=O) groups is 1. The molecule has 4 rings (SSSR count). The van der Waals surface area contributed by atoms with Crippen LogP contribution in [0, 0.1) is 5.82 Å². The Labute approximate surface area is 161 Å². The number of hydrogen-bond acceptors (Lipinski definition) is 5. The molecule has 0 bridgehead atoms. The highest BCUT2D eigenvalue weighted by Crippen LogP contribution is 2.24. The quantitative estimate of drug-likeness (QED) is 0.546.